The number of ether oxygens (including phenoxy) is 2. The Morgan fingerprint density at radius 3 is 2.00 bits per heavy atom. The summed E-state index contributed by atoms with van der Waals surface area (Å²) in [6.45, 7) is 3.41. The van der Waals surface area contributed by atoms with Crippen molar-refractivity contribution in [3.63, 3.8) is 0 Å². The van der Waals surface area contributed by atoms with E-state index in [9.17, 15) is 4.79 Å². The molecule has 0 saturated carbocycles. The number of Topliss-reactive ketones (excluding diaryl/α,β-unsaturated/α-hetero) is 1. The van der Waals surface area contributed by atoms with Gasteiger partial charge in [0.05, 0.1) is 20.1 Å². The predicted molar refractivity (Wildman–Crippen MR) is 56.6 cm³/mol. The lowest BCUT2D eigenvalue weighted by molar-refractivity contribution is -0.118. The van der Waals surface area contributed by atoms with Crippen LogP contribution in [0.25, 0.3) is 0 Å². The number of nitrogens with zero attached hydrogens (tertiary/aromatic N) is 3. The largest absolute Gasteiger partial charge is 0.467 e. The Hall–Kier alpha value is -1.72. The van der Waals surface area contributed by atoms with Crippen molar-refractivity contribution < 1.29 is 14.3 Å². The van der Waals surface area contributed by atoms with Gasteiger partial charge in [0.2, 0.25) is 0 Å². The zero-order valence-electron chi connectivity index (χ0n) is 9.85. The van der Waals surface area contributed by atoms with E-state index in [0.717, 1.165) is 0 Å². The smallest absolute Gasteiger partial charge is 0.322 e. The van der Waals surface area contributed by atoms with Crippen molar-refractivity contribution in [1.29, 1.82) is 0 Å². The zero-order chi connectivity index (χ0) is 12.1. The van der Waals surface area contributed by atoms with Crippen LogP contribution in [0.2, 0.25) is 0 Å². The molecule has 0 N–H and O–H groups in total. The first-order valence-corrected chi connectivity index (χ1v) is 4.96. The van der Waals surface area contributed by atoms with Gasteiger partial charge >= 0.3 is 12.0 Å². The second-order valence-electron chi connectivity index (χ2n) is 3.24. The normalized spacial score (nSPS) is 12.0. The van der Waals surface area contributed by atoms with Crippen molar-refractivity contribution >= 4 is 5.78 Å². The van der Waals surface area contributed by atoms with Gasteiger partial charge in [-0.3, -0.25) is 4.79 Å². The van der Waals surface area contributed by atoms with E-state index in [1.54, 1.807) is 0 Å². The zero-order valence-corrected chi connectivity index (χ0v) is 9.85. The molecule has 1 atom stereocenters. The molecule has 1 rings (SSSR count). The van der Waals surface area contributed by atoms with E-state index in [1.165, 1.54) is 21.1 Å². The Morgan fingerprint density at radius 1 is 1.19 bits per heavy atom. The second kappa shape index (κ2) is 5.39. The fraction of sp³-hybridized carbons (Fsp3) is 0.600. The Labute approximate surface area is 94.0 Å². The summed E-state index contributed by atoms with van der Waals surface area (Å²) >= 11 is 0. The van der Waals surface area contributed by atoms with Gasteiger partial charge in [0.1, 0.15) is 11.6 Å². The lowest BCUT2D eigenvalue weighted by Gasteiger charge is -2.10. The fourth-order valence-corrected chi connectivity index (χ4v) is 1.34. The molecule has 0 bridgehead atoms. The number of rotatable bonds is 5. The summed E-state index contributed by atoms with van der Waals surface area (Å²) in [6.07, 6.45) is 0.631. The minimum Gasteiger partial charge on any atom is -0.467 e. The molecule has 0 fully saturated rings. The number of hydrogen-bond acceptors (Lipinski definition) is 6. The second-order valence-corrected chi connectivity index (χ2v) is 3.24. The molecule has 6 nitrogen and oxygen atoms in total. The van der Waals surface area contributed by atoms with Crippen LogP contribution in [-0.2, 0) is 4.79 Å². The van der Waals surface area contributed by atoms with Crippen LogP contribution in [0.3, 0.4) is 0 Å². The number of hydrogen-bond donors (Lipinski definition) is 0. The fourth-order valence-electron chi connectivity index (χ4n) is 1.34. The van der Waals surface area contributed by atoms with E-state index in [0.29, 0.717) is 12.2 Å². The van der Waals surface area contributed by atoms with E-state index < -0.39 is 0 Å². The van der Waals surface area contributed by atoms with E-state index in [4.69, 9.17) is 9.47 Å². The number of ketones is 1. The highest BCUT2D eigenvalue weighted by molar-refractivity contribution is 5.82. The molecular weight excluding hydrogens is 210 g/mol. The highest BCUT2D eigenvalue weighted by Crippen LogP contribution is 2.20. The van der Waals surface area contributed by atoms with Crippen molar-refractivity contribution in [2.24, 2.45) is 0 Å². The maximum absolute atomic E-state index is 11.4. The van der Waals surface area contributed by atoms with Crippen LogP contribution in [0, 0.1) is 0 Å². The standard InChI is InChI=1S/C10H15N3O3/c1-5-7(6(2)14)8-11-9(15-3)13-10(12-8)16-4/h7H,5H2,1-4H3. The molecular formula is C10H15N3O3. The third-order valence-electron chi connectivity index (χ3n) is 2.19. The van der Waals surface area contributed by atoms with Gasteiger partial charge in [-0.25, -0.2) is 0 Å². The van der Waals surface area contributed by atoms with Crippen LogP contribution in [0.4, 0.5) is 0 Å². The molecule has 6 heteroatoms. The number of carbonyl (C=O) groups excluding carboxylic acids is 1. The van der Waals surface area contributed by atoms with Crippen molar-refractivity contribution in [2.75, 3.05) is 14.2 Å². The van der Waals surface area contributed by atoms with Gasteiger partial charge in [-0.2, -0.15) is 9.97 Å². The number of aromatic nitrogens is 3. The minimum atomic E-state index is -0.342. The summed E-state index contributed by atoms with van der Waals surface area (Å²) in [4.78, 5) is 23.4. The molecule has 0 saturated heterocycles. The molecule has 0 aliphatic heterocycles. The first-order valence-electron chi connectivity index (χ1n) is 4.96. The average Bonchev–Trinajstić information content (AvgIpc) is 2.29. The third kappa shape index (κ3) is 2.65. The lowest BCUT2D eigenvalue weighted by Crippen LogP contribution is -2.13. The summed E-state index contributed by atoms with van der Waals surface area (Å²) in [5, 5.41) is 0. The van der Waals surface area contributed by atoms with Crippen LogP contribution in [0.1, 0.15) is 32.0 Å². The van der Waals surface area contributed by atoms with Gasteiger partial charge in [0.25, 0.3) is 0 Å². The van der Waals surface area contributed by atoms with Crippen molar-refractivity contribution in [2.45, 2.75) is 26.2 Å². The summed E-state index contributed by atoms with van der Waals surface area (Å²) in [6, 6.07) is 0.308. The highest BCUT2D eigenvalue weighted by Gasteiger charge is 2.20. The average molecular weight is 225 g/mol. The van der Waals surface area contributed by atoms with Crippen molar-refractivity contribution in [1.82, 2.24) is 15.0 Å². The minimum absolute atomic E-state index is 0.0119. The summed E-state index contributed by atoms with van der Waals surface area (Å²) in [7, 11) is 2.90. The molecule has 16 heavy (non-hydrogen) atoms. The van der Waals surface area contributed by atoms with Gasteiger partial charge in [0.15, 0.2) is 0 Å². The molecule has 1 heterocycles. The van der Waals surface area contributed by atoms with E-state index in [2.05, 4.69) is 15.0 Å². The van der Waals surface area contributed by atoms with Gasteiger partial charge < -0.3 is 9.47 Å². The van der Waals surface area contributed by atoms with Gasteiger partial charge in [-0.05, 0) is 13.3 Å². The third-order valence-corrected chi connectivity index (χ3v) is 2.19. The summed E-state index contributed by atoms with van der Waals surface area (Å²) in [5.41, 5.74) is 0. The summed E-state index contributed by atoms with van der Waals surface area (Å²) < 4.78 is 9.84. The maximum atomic E-state index is 11.4. The lowest BCUT2D eigenvalue weighted by atomic mass is 10.0. The van der Waals surface area contributed by atoms with Crippen molar-refractivity contribution in [3.8, 4) is 12.0 Å². The molecule has 1 aromatic rings. The number of carbonyl (C=O) groups is 1. The quantitative estimate of drug-likeness (QED) is 0.743. The topological polar surface area (TPSA) is 74.2 Å². The molecule has 0 amide bonds. The first-order chi connectivity index (χ1) is 7.62. The van der Waals surface area contributed by atoms with Crippen LogP contribution < -0.4 is 9.47 Å². The van der Waals surface area contributed by atoms with Crippen LogP contribution >= 0.6 is 0 Å². The van der Waals surface area contributed by atoms with Gasteiger partial charge in [-0.15, -0.1) is 4.98 Å². The van der Waals surface area contributed by atoms with Gasteiger partial charge in [-0.1, -0.05) is 6.92 Å². The Kier molecular flexibility index (Phi) is 4.16. The van der Waals surface area contributed by atoms with E-state index in [-0.39, 0.29) is 23.7 Å². The van der Waals surface area contributed by atoms with Crippen LogP contribution in [0.15, 0.2) is 0 Å². The van der Waals surface area contributed by atoms with Crippen LogP contribution in [0.5, 0.6) is 12.0 Å². The van der Waals surface area contributed by atoms with Crippen molar-refractivity contribution in [3.05, 3.63) is 5.82 Å². The Bertz CT molecular complexity index is 359. The SMILES string of the molecule is CCC(C(C)=O)c1nc(OC)nc(OC)n1. The first kappa shape index (κ1) is 12.4. The molecule has 1 aromatic heterocycles. The molecule has 0 aliphatic carbocycles. The predicted octanol–water partition coefficient (Wildman–Crippen LogP) is 0.971. The van der Waals surface area contributed by atoms with E-state index >= 15 is 0 Å². The molecule has 0 aromatic carbocycles. The molecule has 0 spiro atoms. The highest BCUT2D eigenvalue weighted by atomic mass is 16.5. The Balaban J connectivity index is 3.15. The molecule has 0 aliphatic rings. The van der Waals surface area contributed by atoms with E-state index in [1.807, 2.05) is 6.92 Å². The molecule has 88 valence electrons. The van der Waals surface area contributed by atoms with Crippen LogP contribution in [-0.4, -0.2) is 35.0 Å². The monoisotopic (exact) mass is 225 g/mol. The van der Waals surface area contributed by atoms with Gasteiger partial charge in [0, 0.05) is 0 Å². The molecule has 0 radical (unpaired) electrons. The summed E-state index contributed by atoms with van der Waals surface area (Å²) in [5.74, 6) is 0.0577. The maximum Gasteiger partial charge on any atom is 0.322 e. The molecule has 1 unspecified atom stereocenters. The Morgan fingerprint density at radius 2 is 1.69 bits per heavy atom. The number of methoxy groups -OCH3 is 2.